The molecular formula is C13H15ClN2O2S2. The Hall–Kier alpha value is -0.850. The van der Waals surface area contributed by atoms with Gasteiger partial charge in [-0.2, -0.15) is 0 Å². The lowest BCUT2D eigenvalue weighted by Gasteiger charge is -2.04. The molecule has 0 N–H and O–H groups in total. The molecule has 2 heterocycles. The fourth-order valence-electron chi connectivity index (χ4n) is 1.73. The molecular weight excluding hydrogens is 316 g/mol. The summed E-state index contributed by atoms with van der Waals surface area (Å²) in [5.74, 6) is -0.331. The van der Waals surface area contributed by atoms with Crippen molar-refractivity contribution in [3.8, 4) is 0 Å². The highest BCUT2D eigenvalue weighted by atomic mass is 35.5. The molecule has 108 valence electrons. The number of aryl methyl sites for hydroxylation is 1. The molecule has 20 heavy (non-hydrogen) atoms. The highest BCUT2D eigenvalue weighted by Gasteiger charge is 2.21. The molecule has 0 saturated carbocycles. The number of halogens is 1. The number of hydrogen-bond donors (Lipinski definition) is 0. The second kappa shape index (κ2) is 6.28. The Bertz CT molecular complexity index is 655. The van der Waals surface area contributed by atoms with Crippen LogP contribution in [0.25, 0.3) is 10.2 Å². The van der Waals surface area contributed by atoms with Gasteiger partial charge in [0, 0.05) is 5.25 Å². The quantitative estimate of drug-likeness (QED) is 0.361. The summed E-state index contributed by atoms with van der Waals surface area (Å²) in [5.41, 5.74) is 0.787. The van der Waals surface area contributed by atoms with E-state index in [-0.39, 0.29) is 5.97 Å². The van der Waals surface area contributed by atoms with E-state index in [2.05, 4.69) is 23.8 Å². The lowest BCUT2D eigenvalue weighted by Crippen LogP contribution is -2.03. The van der Waals surface area contributed by atoms with Crippen LogP contribution in [0.3, 0.4) is 0 Å². The normalized spacial score (nSPS) is 11.3. The number of nitrogens with zero attached hydrogens (tertiary/aromatic N) is 2. The number of rotatable bonds is 4. The zero-order valence-electron chi connectivity index (χ0n) is 11.7. The van der Waals surface area contributed by atoms with Gasteiger partial charge in [0.25, 0.3) is 0 Å². The maximum absolute atomic E-state index is 11.9. The number of carbonyl (C=O) groups is 1. The number of aromatic nitrogens is 2. The highest BCUT2D eigenvalue weighted by Crippen LogP contribution is 2.35. The fraction of sp³-hybridized carbons (Fsp3) is 0.462. The minimum Gasteiger partial charge on any atom is -0.462 e. The third-order valence-electron chi connectivity index (χ3n) is 2.53. The molecule has 4 nitrogen and oxygen atoms in total. The van der Waals surface area contributed by atoms with Gasteiger partial charge in [-0.3, -0.25) is 0 Å². The molecule has 0 aliphatic carbocycles. The van der Waals surface area contributed by atoms with Crippen molar-refractivity contribution in [2.75, 3.05) is 6.61 Å². The summed E-state index contributed by atoms with van der Waals surface area (Å²) in [6.45, 7) is 8.10. The maximum Gasteiger partial charge on any atom is 0.348 e. The van der Waals surface area contributed by atoms with Crippen LogP contribution in [0.15, 0.2) is 5.16 Å². The first-order valence-corrected chi connectivity index (χ1v) is 8.31. The van der Waals surface area contributed by atoms with E-state index in [4.69, 9.17) is 16.3 Å². The summed E-state index contributed by atoms with van der Waals surface area (Å²) in [6.07, 6.45) is 0. The third kappa shape index (κ3) is 3.07. The monoisotopic (exact) mass is 330 g/mol. The lowest BCUT2D eigenvalue weighted by molar-refractivity contribution is 0.0531. The van der Waals surface area contributed by atoms with Crippen LogP contribution in [-0.4, -0.2) is 27.8 Å². The first-order valence-electron chi connectivity index (χ1n) is 6.24. The van der Waals surface area contributed by atoms with E-state index in [1.54, 1.807) is 18.7 Å². The number of hydrogen-bond acceptors (Lipinski definition) is 6. The van der Waals surface area contributed by atoms with Crippen molar-refractivity contribution < 1.29 is 9.53 Å². The zero-order chi connectivity index (χ0) is 14.9. The summed E-state index contributed by atoms with van der Waals surface area (Å²) in [6, 6.07) is 0. The minimum atomic E-state index is -0.331. The van der Waals surface area contributed by atoms with E-state index in [1.165, 1.54) is 11.3 Å². The van der Waals surface area contributed by atoms with Crippen LogP contribution in [0.1, 0.15) is 36.0 Å². The second-order valence-electron chi connectivity index (χ2n) is 4.42. The van der Waals surface area contributed by atoms with Crippen LogP contribution in [-0.2, 0) is 4.74 Å². The molecule has 0 unspecified atom stereocenters. The van der Waals surface area contributed by atoms with Crippen molar-refractivity contribution in [2.24, 2.45) is 0 Å². The predicted octanol–water partition coefficient (Wildman–Crippen LogP) is 4.33. The van der Waals surface area contributed by atoms with E-state index in [0.29, 0.717) is 27.0 Å². The Kier molecular flexibility index (Phi) is 4.88. The van der Waals surface area contributed by atoms with Crippen LogP contribution in [0.2, 0.25) is 5.15 Å². The molecule has 0 bridgehead atoms. The van der Waals surface area contributed by atoms with Crippen LogP contribution >= 0.6 is 34.7 Å². The Morgan fingerprint density at radius 1 is 1.45 bits per heavy atom. The summed E-state index contributed by atoms with van der Waals surface area (Å²) < 4.78 is 5.05. The van der Waals surface area contributed by atoms with E-state index in [0.717, 1.165) is 15.8 Å². The molecule has 0 spiro atoms. The molecule has 0 atom stereocenters. The van der Waals surface area contributed by atoms with Gasteiger partial charge in [0.05, 0.1) is 12.0 Å². The van der Waals surface area contributed by atoms with E-state index < -0.39 is 0 Å². The third-order valence-corrected chi connectivity index (χ3v) is 4.83. The van der Waals surface area contributed by atoms with Crippen LogP contribution in [0.4, 0.5) is 0 Å². The second-order valence-corrected chi connectivity index (χ2v) is 7.32. The standard InChI is InChI=1S/C13H15ClN2O2S2/c1-5-18-12(17)9-7(4)8-10(14)15-13(19-6(2)3)16-11(8)20-9/h6H,5H2,1-4H3. The van der Waals surface area contributed by atoms with Crippen molar-refractivity contribution in [3.05, 3.63) is 15.6 Å². The minimum absolute atomic E-state index is 0.331. The van der Waals surface area contributed by atoms with E-state index >= 15 is 0 Å². The van der Waals surface area contributed by atoms with Gasteiger partial charge in [0.1, 0.15) is 14.9 Å². The number of esters is 1. The first kappa shape index (κ1) is 15.5. The Morgan fingerprint density at radius 3 is 2.75 bits per heavy atom. The number of ether oxygens (including phenoxy) is 1. The highest BCUT2D eigenvalue weighted by molar-refractivity contribution is 7.99. The number of fused-ring (bicyclic) bond motifs is 1. The van der Waals surface area contributed by atoms with Crippen LogP contribution < -0.4 is 0 Å². The van der Waals surface area contributed by atoms with Crippen LogP contribution in [0, 0.1) is 6.92 Å². The molecule has 0 aromatic carbocycles. The summed E-state index contributed by atoms with van der Waals surface area (Å²) in [4.78, 5) is 21.9. The van der Waals surface area contributed by atoms with Gasteiger partial charge < -0.3 is 4.74 Å². The summed E-state index contributed by atoms with van der Waals surface area (Å²) >= 11 is 9.09. The molecule has 7 heteroatoms. The zero-order valence-corrected chi connectivity index (χ0v) is 14.1. The average Bonchev–Trinajstić information content (AvgIpc) is 2.66. The SMILES string of the molecule is CCOC(=O)c1sc2nc(SC(C)C)nc(Cl)c2c1C. The average molecular weight is 331 g/mol. The number of carbonyl (C=O) groups excluding carboxylic acids is 1. The van der Waals surface area contributed by atoms with Gasteiger partial charge in [-0.05, 0) is 19.4 Å². The van der Waals surface area contributed by atoms with Crippen molar-refractivity contribution in [3.63, 3.8) is 0 Å². The Morgan fingerprint density at radius 2 is 2.15 bits per heavy atom. The van der Waals surface area contributed by atoms with Crippen molar-refractivity contribution >= 4 is 50.9 Å². The van der Waals surface area contributed by atoms with Gasteiger partial charge >= 0.3 is 5.97 Å². The van der Waals surface area contributed by atoms with Gasteiger partial charge in [-0.25, -0.2) is 14.8 Å². The molecule has 0 fully saturated rings. The smallest absolute Gasteiger partial charge is 0.348 e. The Balaban J connectivity index is 2.53. The van der Waals surface area contributed by atoms with Crippen molar-refractivity contribution in [1.82, 2.24) is 9.97 Å². The fourth-order valence-corrected chi connectivity index (χ4v) is 3.99. The lowest BCUT2D eigenvalue weighted by atomic mass is 10.2. The molecule has 0 aliphatic rings. The topological polar surface area (TPSA) is 52.1 Å². The molecule has 0 aliphatic heterocycles. The molecule has 0 amide bonds. The molecule has 0 saturated heterocycles. The number of thioether (sulfide) groups is 1. The molecule has 2 aromatic rings. The molecule has 2 aromatic heterocycles. The largest absolute Gasteiger partial charge is 0.462 e. The molecule has 0 radical (unpaired) electrons. The van der Waals surface area contributed by atoms with Crippen molar-refractivity contribution in [2.45, 2.75) is 38.1 Å². The first-order chi connectivity index (χ1) is 9.43. The van der Waals surface area contributed by atoms with Crippen molar-refractivity contribution in [1.29, 1.82) is 0 Å². The van der Waals surface area contributed by atoms with Gasteiger partial charge in [0.2, 0.25) is 0 Å². The van der Waals surface area contributed by atoms with Gasteiger partial charge in [0.15, 0.2) is 5.16 Å². The molecule has 2 rings (SSSR count). The predicted molar refractivity (Wildman–Crippen MR) is 84.1 cm³/mol. The number of thiophene rings is 1. The van der Waals surface area contributed by atoms with Crippen LogP contribution in [0.5, 0.6) is 0 Å². The summed E-state index contributed by atoms with van der Waals surface area (Å²) in [7, 11) is 0. The Labute approximate surface area is 130 Å². The summed E-state index contributed by atoms with van der Waals surface area (Å²) in [5, 5.41) is 2.14. The van der Waals surface area contributed by atoms with E-state index in [9.17, 15) is 4.79 Å². The van der Waals surface area contributed by atoms with E-state index in [1.807, 2.05) is 6.92 Å². The maximum atomic E-state index is 11.9. The van der Waals surface area contributed by atoms with Gasteiger partial charge in [-0.15, -0.1) is 11.3 Å². The van der Waals surface area contributed by atoms with Gasteiger partial charge in [-0.1, -0.05) is 37.2 Å².